The Morgan fingerprint density at radius 2 is 2.30 bits per heavy atom. The van der Waals surface area contributed by atoms with Gasteiger partial charge in [-0.1, -0.05) is 19.9 Å². The average molecular weight is 158 g/mol. The van der Waals surface area contributed by atoms with Gasteiger partial charge in [0, 0.05) is 12.8 Å². The Kier molecular flexibility index (Phi) is 6.97. The van der Waals surface area contributed by atoms with Gasteiger partial charge in [0.15, 0.2) is 0 Å². The van der Waals surface area contributed by atoms with Gasteiger partial charge in [-0.3, -0.25) is 0 Å². The molecule has 0 heterocycles. The minimum Gasteiger partial charge on any atom is -0.385 e. The molecule has 0 saturated carbocycles. The van der Waals surface area contributed by atoms with Gasteiger partial charge < -0.3 is 4.74 Å². The zero-order chi connectivity index (χ0) is 7.82. The van der Waals surface area contributed by atoms with Crippen molar-refractivity contribution in [3.05, 3.63) is 12.3 Å². The largest absolute Gasteiger partial charge is 0.385 e. The van der Waals surface area contributed by atoms with Crippen molar-refractivity contribution in [1.29, 1.82) is 0 Å². The van der Waals surface area contributed by atoms with Crippen LogP contribution < -0.4 is 0 Å². The van der Waals surface area contributed by atoms with Gasteiger partial charge in [-0.25, -0.2) is 0 Å². The summed E-state index contributed by atoms with van der Waals surface area (Å²) >= 11 is 0. The third-order valence-electron chi connectivity index (χ3n) is 1.43. The smallest absolute Gasteiger partial charge is 0.0873 e. The highest BCUT2D eigenvalue weighted by molar-refractivity contribution is 6.62. The molecule has 60 valence electrons. The van der Waals surface area contributed by atoms with Crippen LogP contribution in [-0.2, 0) is 4.74 Å². The molecular weight excluding hydrogens is 140 g/mol. The zero-order valence-corrected chi connectivity index (χ0v) is 8.25. The highest BCUT2D eigenvalue weighted by atomic mass is 28.3. The summed E-state index contributed by atoms with van der Waals surface area (Å²) in [6.45, 7) is 9.10. The molecule has 0 saturated heterocycles. The van der Waals surface area contributed by atoms with Crippen LogP contribution in [0.25, 0.3) is 0 Å². The number of ether oxygens (including phenoxy) is 1. The van der Waals surface area contributed by atoms with E-state index in [1.54, 1.807) is 0 Å². The van der Waals surface area contributed by atoms with Crippen LogP contribution in [0.5, 0.6) is 0 Å². The summed E-state index contributed by atoms with van der Waals surface area (Å²) < 4.78 is 5.42. The molecule has 0 bridgehead atoms. The van der Waals surface area contributed by atoms with E-state index in [-0.39, 0.29) is 0 Å². The van der Waals surface area contributed by atoms with Crippen LogP contribution in [0.4, 0.5) is 0 Å². The molecule has 0 N–H and O–H groups in total. The first kappa shape index (κ1) is 9.92. The Hall–Kier alpha value is -0.0831. The standard InChI is InChI=1S/C8H18OSi/c1-4-6-7-9-8-10(3)5-2/h5,10H,2,4,6-8H2,1,3H3. The molecular formula is C8H18OSi. The first-order chi connectivity index (χ1) is 4.81. The predicted octanol–water partition coefficient (Wildman–Crippen LogP) is 1.92. The van der Waals surface area contributed by atoms with Crippen LogP contribution >= 0.6 is 0 Å². The summed E-state index contributed by atoms with van der Waals surface area (Å²) in [4.78, 5) is 0. The second-order valence-corrected chi connectivity index (χ2v) is 5.40. The molecule has 0 aliphatic heterocycles. The van der Waals surface area contributed by atoms with Gasteiger partial charge in [-0.15, -0.1) is 12.3 Å². The van der Waals surface area contributed by atoms with E-state index in [1.807, 2.05) is 0 Å². The van der Waals surface area contributed by atoms with E-state index >= 15 is 0 Å². The SMILES string of the molecule is C=C[SiH](C)COCCCC. The summed E-state index contributed by atoms with van der Waals surface area (Å²) in [5.74, 6) is 0. The number of hydrogen-bond donors (Lipinski definition) is 0. The molecule has 1 unspecified atom stereocenters. The van der Waals surface area contributed by atoms with Crippen LogP contribution in [0.15, 0.2) is 12.3 Å². The van der Waals surface area contributed by atoms with Gasteiger partial charge in [0.2, 0.25) is 0 Å². The molecule has 2 heteroatoms. The summed E-state index contributed by atoms with van der Waals surface area (Å²) in [5, 5.41) is 0. The van der Waals surface area contributed by atoms with E-state index in [9.17, 15) is 0 Å². The number of rotatable bonds is 6. The van der Waals surface area contributed by atoms with Gasteiger partial charge >= 0.3 is 0 Å². The Balaban J connectivity index is 2.95. The molecule has 0 fully saturated rings. The van der Waals surface area contributed by atoms with Crippen LogP contribution in [0.1, 0.15) is 19.8 Å². The molecule has 0 aliphatic carbocycles. The zero-order valence-electron chi connectivity index (χ0n) is 7.10. The molecule has 0 aliphatic rings. The van der Waals surface area contributed by atoms with Crippen LogP contribution in [0.2, 0.25) is 6.55 Å². The summed E-state index contributed by atoms with van der Waals surface area (Å²) in [7, 11) is -0.682. The molecule has 0 aromatic heterocycles. The third-order valence-corrected chi connectivity index (χ3v) is 2.99. The first-order valence-electron chi connectivity index (χ1n) is 4.01. The lowest BCUT2D eigenvalue weighted by Crippen LogP contribution is -2.13. The highest BCUT2D eigenvalue weighted by Gasteiger charge is 1.96. The van der Waals surface area contributed by atoms with E-state index in [1.165, 1.54) is 12.8 Å². The average Bonchev–Trinajstić information content (AvgIpc) is 1.98. The molecule has 0 aromatic rings. The lowest BCUT2D eigenvalue weighted by atomic mass is 10.4. The Morgan fingerprint density at radius 1 is 1.60 bits per heavy atom. The molecule has 0 spiro atoms. The van der Waals surface area contributed by atoms with Crippen molar-refractivity contribution in [1.82, 2.24) is 0 Å². The lowest BCUT2D eigenvalue weighted by molar-refractivity contribution is 0.172. The molecule has 0 aromatic carbocycles. The third kappa shape index (κ3) is 6.04. The van der Waals surface area contributed by atoms with Gasteiger partial charge in [0.05, 0.1) is 8.80 Å². The number of hydrogen-bond acceptors (Lipinski definition) is 1. The summed E-state index contributed by atoms with van der Waals surface area (Å²) in [5.41, 5.74) is 2.06. The molecule has 1 nitrogen and oxygen atoms in total. The maximum Gasteiger partial charge on any atom is 0.0873 e. The normalized spacial score (nSPS) is 13.0. The highest BCUT2D eigenvalue weighted by Crippen LogP contribution is 1.90. The lowest BCUT2D eigenvalue weighted by Gasteiger charge is -2.04. The van der Waals surface area contributed by atoms with E-state index in [4.69, 9.17) is 4.74 Å². The monoisotopic (exact) mass is 158 g/mol. The van der Waals surface area contributed by atoms with E-state index in [0.717, 1.165) is 12.8 Å². The van der Waals surface area contributed by atoms with E-state index in [0.29, 0.717) is 0 Å². The topological polar surface area (TPSA) is 9.23 Å². The van der Waals surface area contributed by atoms with Gasteiger partial charge in [0.25, 0.3) is 0 Å². The molecule has 0 amide bonds. The van der Waals surface area contributed by atoms with Gasteiger partial charge in [-0.05, 0) is 6.42 Å². The fraction of sp³-hybridized carbons (Fsp3) is 0.750. The van der Waals surface area contributed by atoms with Gasteiger partial charge in [-0.2, -0.15) is 0 Å². The van der Waals surface area contributed by atoms with Crippen molar-refractivity contribution >= 4 is 8.80 Å². The minimum atomic E-state index is -0.682. The summed E-state index contributed by atoms with van der Waals surface area (Å²) in [6.07, 6.45) is 3.38. The fourth-order valence-corrected chi connectivity index (χ4v) is 1.26. The maximum atomic E-state index is 5.42. The Labute approximate surface area is 65.7 Å². The molecule has 1 atom stereocenters. The van der Waals surface area contributed by atoms with Crippen molar-refractivity contribution in [3.63, 3.8) is 0 Å². The van der Waals surface area contributed by atoms with Crippen LogP contribution in [-0.4, -0.2) is 21.6 Å². The van der Waals surface area contributed by atoms with Crippen LogP contribution in [0.3, 0.4) is 0 Å². The first-order valence-corrected chi connectivity index (χ1v) is 6.65. The molecule has 10 heavy (non-hydrogen) atoms. The van der Waals surface area contributed by atoms with E-state index in [2.05, 4.69) is 25.7 Å². The second-order valence-electron chi connectivity index (χ2n) is 2.64. The molecule has 0 rings (SSSR count). The van der Waals surface area contributed by atoms with Gasteiger partial charge in [0.1, 0.15) is 0 Å². The fourth-order valence-electron chi connectivity index (χ4n) is 0.584. The van der Waals surface area contributed by atoms with Crippen molar-refractivity contribution in [2.24, 2.45) is 0 Å². The van der Waals surface area contributed by atoms with Crippen molar-refractivity contribution < 1.29 is 4.74 Å². The Bertz CT molecular complexity index is 83.3. The predicted molar refractivity (Wildman–Crippen MR) is 48.9 cm³/mol. The summed E-state index contributed by atoms with van der Waals surface area (Å²) in [6, 6.07) is 0. The minimum absolute atomic E-state index is 0.682. The van der Waals surface area contributed by atoms with Crippen molar-refractivity contribution in [2.45, 2.75) is 26.3 Å². The maximum absolute atomic E-state index is 5.42. The number of unbranched alkanes of at least 4 members (excludes halogenated alkanes) is 1. The van der Waals surface area contributed by atoms with Crippen molar-refractivity contribution in [3.8, 4) is 0 Å². The van der Waals surface area contributed by atoms with E-state index < -0.39 is 8.80 Å². The molecule has 0 radical (unpaired) electrons. The Morgan fingerprint density at radius 3 is 2.80 bits per heavy atom. The van der Waals surface area contributed by atoms with Crippen molar-refractivity contribution in [2.75, 3.05) is 12.8 Å². The second kappa shape index (κ2) is 7.03. The quantitative estimate of drug-likeness (QED) is 0.424. The van der Waals surface area contributed by atoms with Crippen LogP contribution in [0, 0.1) is 0 Å².